The Hall–Kier alpha value is -2.20. The Bertz CT molecular complexity index is 669. The molecule has 128 valence electrons. The van der Waals surface area contributed by atoms with Crippen LogP contribution >= 0.6 is 0 Å². The van der Waals surface area contributed by atoms with E-state index in [1.807, 2.05) is 0 Å². The normalized spacial score (nSPS) is 17.8. The fraction of sp³-hybridized carbons (Fsp3) is 0.471. The van der Waals surface area contributed by atoms with Gasteiger partial charge >= 0.3 is 11.8 Å². The second kappa shape index (κ2) is 6.73. The van der Waals surface area contributed by atoms with Gasteiger partial charge in [0.25, 0.3) is 0 Å². The number of halogens is 3. The summed E-state index contributed by atoms with van der Waals surface area (Å²) in [6.07, 6.45) is 0.634. The summed E-state index contributed by atoms with van der Waals surface area (Å²) in [5.41, 5.74) is -1.70. The average Bonchev–Trinajstić information content (AvgIpc) is 3.32. The summed E-state index contributed by atoms with van der Waals surface area (Å²) >= 11 is 0. The van der Waals surface area contributed by atoms with E-state index in [9.17, 15) is 23.1 Å². The van der Waals surface area contributed by atoms with Gasteiger partial charge in [0.2, 0.25) is 0 Å². The number of benzene rings is 1. The summed E-state index contributed by atoms with van der Waals surface area (Å²) < 4.78 is 38.7. The molecule has 0 saturated carbocycles. The maximum absolute atomic E-state index is 12.9. The number of nitrogens with zero attached hydrogens (tertiary/aromatic N) is 2. The van der Waals surface area contributed by atoms with Crippen LogP contribution in [0.4, 0.5) is 13.2 Å². The van der Waals surface area contributed by atoms with Gasteiger partial charge in [-0.05, 0) is 25.3 Å². The van der Waals surface area contributed by atoms with Crippen LogP contribution in [0.3, 0.4) is 0 Å². The lowest BCUT2D eigenvalue weighted by atomic mass is 9.90. The molecule has 2 rings (SSSR count). The van der Waals surface area contributed by atoms with Gasteiger partial charge in [0.05, 0.1) is 12.0 Å². The van der Waals surface area contributed by atoms with Gasteiger partial charge in [-0.15, -0.1) is 22.6 Å². The number of hydrogen-bond acceptors (Lipinski definition) is 4. The molecule has 0 bridgehead atoms. The Morgan fingerprint density at radius 3 is 2.33 bits per heavy atom. The standard InChI is InChI=1S/C17H17F3N2O2/c1-3-4-14(11(2)23)15(24)10-7-12-5-8-13(9-6-12)16(21-22-16)17(18,19)20/h1,5-6,8-9,14-15,24H,4,7,10H2,2H3/t14-,15+/m0/s1. The van der Waals surface area contributed by atoms with Gasteiger partial charge in [-0.25, -0.2) is 0 Å². The Morgan fingerprint density at radius 1 is 1.33 bits per heavy atom. The molecule has 1 aromatic rings. The van der Waals surface area contributed by atoms with E-state index in [4.69, 9.17) is 6.42 Å². The highest BCUT2D eigenvalue weighted by atomic mass is 19.4. The van der Waals surface area contributed by atoms with Crippen molar-refractivity contribution in [3.63, 3.8) is 0 Å². The molecule has 0 spiro atoms. The zero-order valence-corrected chi connectivity index (χ0v) is 13.0. The number of rotatable bonds is 7. The molecule has 2 atom stereocenters. The molecular formula is C17H17F3N2O2. The zero-order valence-electron chi connectivity index (χ0n) is 13.0. The van der Waals surface area contributed by atoms with Crippen LogP contribution in [0.25, 0.3) is 0 Å². The summed E-state index contributed by atoms with van der Waals surface area (Å²) in [4.78, 5) is 11.5. The fourth-order valence-electron chi connectivity index (χ4n) is 2.54. The van der Waals surface area contributed by atoms with Crippen molar-refractivity contribution in [2.45, 2.75) is 44.1 Å². The molecule has 1 aliphatic heterocycles. The molecule has 0 aromatic heterocycles. The lowest BCUT2D eigenvalue weighted by Crippen LogP contribution is -2.30. The molecule has 24 heavy (non-hydrogen) atoms. The van der Waals surface area contributed by atoms with Crippen molar-refractivity contribution in [1.29, 1.82) is 0 Å². The maximum Gasteiger partial charge on any atom is 0.442 e. The number of hydrogen-bond donors (Lipinski definition) is 1. The van der Waals surface area contributed by atoms with Crippen LogP contribution in [0.5, 0.6) is 0 Å². The topological polar surface area (TPSA) is 62.0 Å². The van der Waals surface area contributed by atoms with E-state index < -0.39 is 23.9 Å². The first-order valence-corrected chi connectivity index (χ1v) is 7.43. The SMILES string of the molecule is C#CC[C@@H](C(C)=O)[C@H](O)CCc1ccc(C2(C(F)(F)F)N=N2)cc1. The Kier molecular flexibility index (Phi) is 5.09. The highest BCUT2D eigenvalue weighted by Crippen LogP contribution is 2.52. The van der Waals surface area contributed by atoms with Gasteiger partial charge in [-0.2, -0.15) is 13.2 Å². The molecule has 0 aliphatic carbocycles. The fourth-order valence-corrected chi connectivity index (χ4v) is 2.54. The third-order valence-corrected chi connectivity index (χ3v) is 4.10. The third kappa shape index (κ3) is 3.65. The number of Topliss-reactive ketones (excluding diaryl/α,β-unsaturated/α-hetero) is 1. The molecule has 0 amide bonds. The number of aryl methyl sites for hydroxylation is 1. The van der Waals surface area contributed by atoms with E-state index in [0.717, 1.165) is 5.56 Å². The van der Waals surface area contributed by atoms with Crippen LogP contribution in [0, 0.1) is 18.3 Å². The van der Waals surface area contributed by atoms with Gasteiger partial charge < -0.3 is 5.11 Å². The Labute approximate surface area is 137 Å². The van der Waals surface area contributed by atoms with Crippen LogP contribution < -0.4 is 0 Å². The minimum absolute atomic E-state index is 0.0340. The van der Waals surface area contributed by atoms with Crippen LogP contribution in [-0.2, 0) is 16.9 Å². The summed E-state index contributed by atoms with van der Waals surface area (Å²) in [5, 5.41) is 16.4. The largest absolute Gasteiger partial charge is 0.442 e. The number of aliphatic hydroxyl groups is 1. The van der Waals surface area contributed by atoms with Gasteiger partial charge in [0, 0.05) is 12.0 Å². The number of carbonyl (C=O) groups excluding carboxylic acids is 1. The smallest absolute Gasteiger partial charge is 0.392 e. The highest BCUT2D eigenvalue weighted by Gasteiger charge is 2.65. The second-order valence-electron chi connectivity index (χ2n) is 5.80. The van der Waals surface area contributed by atoms with E-state index in [1.165, 1.54) is 19.1 Å². The first-order chi connectivity index (χ1) is 11.2. The van der Waals surface area contributed by atoms with E-state index in [1.54, 1.807) is 12.1 Å². The summed E-state index contributed by atoms with van der Waals surface area (Å²) in [6, 6.07) is 5.75. The minimum Gasteiger partial charge on any atom is -0.392 e. The first-order valence-electron chi connectivity index (χ1n) is 7.43. The van der Waals surface area contributed by atoms with Gasteiger partial charge in [0.15, 0.2) is 0 Å². The summed E-state index contributed by atoms with van der Waals surface area (Å²) in [7, 11) is 0. The van der Waals surface area contributed by atoms with Crippen molar-refractivity contribution < 1.29 is 23.1 Å². The summed E-state index contributed by atoms with van der Waals surface area (Å²) in [6.45, 7) is 1.37. The van der Waals surface area contributed by atoms with Crippen LogP contribution in [-0.4, -0.2) is 23.2 Å². The molecular weight excluding hydrogens is 321 g/mol. The molecule has 0 unspecified atom stereocenters. The predicted octanol–water partition coefficient (Wildman–Crippen LogP) is 3.39. The molecule has 0 saturated heterocycles. The van der Waals surface area contributed by atoms with Crippen LogP contribution in [0.2, 0.25) is 0 Å². The molecule has 4 nitrogen and oxygen atoms in total. The molecule has 7 heteroatoms. The van der Waals surface area contributed by atoms with E-state index in [-0.39, 0.29) is 17.8 Å². The molecule has 1 aliphatic rings. The first kappa shape index (κ1) is 18.1. The number of alkyl halides is 3. The average molecular weight is 338 g/mol. The molecule has 1 heterocycles. The molecule has 0 radical (unpaired) electrons. The second-order valence-corrected chi connectivity index (χ2v) is 5.80. The Balaban J connectivity index is 1.98. The van der Waals surface area contributed by atoms with E-state index in [2.05, 4.69) is 16.1 Å². The lowest BCUT2D eigenvalue weighted by molar-refractivity contribution is -0.166. The minimum atomic E-state index is -4.55. The molecule has 1 aromatic carbocycles. The maximum atomic E-state index is 12.9. The van der Waals surface area contributed by atoms with Crippen molar-refractivity contribution in [2.24, 2.45) is 16.1 Å². The zero-order chi connectivity index (χ0) is 18.0. The quantitative estimate of drug-likeness (QED) is 0.775. The predicted molar refractivity (Wildman–Crippen MR) is 81.0 cm³/mol. The van der Waals surface area contributed by atoms with Crippen molar-refractivity contribution >= 4 is 5.78 Å². The highest BCUT2D eigenvalue weighted by molar-refractivity contribution is 5.79. The number of ketones is 1. The van der Waals surface area contributed by atoms with Crippen LogP contribution in [0.1, 0.15) is 30.9 Å². The number of aliphatic hydroxyl groups excluding tert-OH is 1. The van der Waals surface area contributed by atoms with Crippen molar-refractivity contribution in [3.8, 4) is 12.3 Å². The molecule has 1 N–H and O–H groups in total. The van der Waals surface area contributed by atoms with E-state index in [0.29, 0.717) is 12.8 Å². The van der Waals surface area contributed by atoms with E-state index >= 15 is 0 Å². The lowest BCUT2D eigenvalue weighted by Gasteiger charge is -2.18. The van der Waals surface area contributed by atoms with Crippen molar-refractivity contribution in [1.82, 2.24) is 0 Å². The Morgan fingerprint density at radius 2 is 1.92 bits per heavy atom. The van der Waals surface area contributed by atoms with Crippen molar-refractivity contribution in [3.05, 3.63) is 35.4 Å². The molecule has 0 fully saturated rings. The number of carbonyl (C=O) groups is 1. The third-order valence-electron chi connectivity index (χ3n) is 4.10. The summed E-state index contributed by atoms with van der Waals surface area (Å²) in [5.74, 6) is 1.57. The van der Waals surface area contributed by atoms with Crippen LogP contribution in [0.15, 0.2) is 34.5 Å². The van der Waals surface area contributed by atoms with Gasteiger partial charge in [0.1, 0.15) is 5.78 Å². The monoisotopic (exact) mass is 338 g/mol. The number of terminal acetylenes is 1. The van der Waals surface area contributed by atoms with Crippen molar-refractivity contribution in [2.75, 3.05) is 0 Å². The van der Waals surface area contributed by atoms with Gasteiger partial charge in [-0.1, -0.05) is 24.3 Å². The van der Waals surface area contributed by atoms with Gasteiger partial charge in [-0.3, -0.25) is 4.79 Å².